The van der Waals surface area contributed by atoms with Gasteiger partial charge in [0.15, 0.2) is 0 Å². The van der Waals surface area contributed by atoms with Crippen LogP contribution in [0, 0.1) is 0 Å². The van der Waals surface area contributed by atoms with Gasteiger partial charge in [-0.3, -0.25) is 14.6 Å². The summed E-state index contributed by atoms with van der Waals surface area (Å²) < 4.78 is 22.2. The summed E-state index contributed by atoms with van der Waals surface area (Å²) in [6, 6.07) is 0.417. The number of nitrogens with zero attached hydrogens (tertiary/aromatic N) is 1. The number of carbonyl (C=O) groups is 3. The topological polar surface area (TPSA) is 164 Å². The minimum absolute atomic E-state index is 0.0478. The Bertz CT molecular complexity index is 924. The molecule has 0 aromatic rings. The maximum absolute atomic E-state index is 12.0. The summed E-state index contributed by atoms with van der Waals surface area (Å²) in [5.74, 6) is 1.09. The van der Waals surface area contributed by atoms with Crippen LogP contribution in [0.1, 0.15) is 57.8 Å². The molecule has 250 valence electrons. The van der Waals surface area contributed by atoms with Crippen LogP contribution in [0.4, 0.5) is 4.79 Å². The number of hydrogen-bond acceptors (Lipinski definition) is 11. The third kappa shape index (κ3) is 13.0. The van der Waals surface area contributed by atoms with Gasteiger partial charge in [-0.2, -0.15) is 11.8 Å². The lowest BCUT2D eigenvalue weighted by Gasteiger charge is -2.16. The van der Waals surface area contributed by atoms with Crippen molar-refractivity contribution < 1.29 is 33.3 Å². The van der Waals surface area contributed by atoms with Crippen molar-refractivity contribution in [1.29, 1.82) is 0 Å². The van der Waals surface area contributed by atoms with Gasteiger partial charge in [-0.25, -0.2) is 4.79 Å². The molecular formula is C29H51N7O7S. The zero-order valence-electron chi connectivity index (χ0n) is 25.7. The molecule has 15 heteroatoms. The molecular weight excluding hydrogens is 590 g/mol. The third-order valence-electron chi connectivity index (χ3n) is 7.94. The first-order valence-corrected chi connectivity index (χ1v) is 17.2. The van der Waals surface area contributed by atoms with Crippen LogP contribution in [0.5, 0.6) is 0 Å². The van der Waals surface area contributed by atoms with Crippen LogP contribution in [0.2, 0.25) is 0 Å². The van der Waals surface area contributed by atoms with E-state index in [1.165, 1.54) is 0 Å². The van der Waals surface area contributed by atoms with Gasteiger partial charge in [0.25, 0.3) is 0 Å². The summed E-state index contributed by atoms with van der Waals surface area (Å²) in [6.07, 6.45) is 9.71. The number of allylic oxidation sites excluding steroid dienone is 1. The van der Waals surface area contributed by atoms with Crippen molar-refractivity contribution in [2.24, 2.45) is 0 Å². The zero-order chi connectivity index (χ0) is 30.8. The molecule has 4 aliphatic heterocycles. The number of ether oxygens (including phenoxy) is 4. The largest absolute Gasteiger partial charge is 0.377 e. The number of fused-ring (bicyclic) bond motifs is 1. The third-order valence-corrected chi connectivity index (χ3v) is 9.45. The molecule has 4 rings (SSSR count). The van der Waals surface area contributed by atoms with Crippen LogP contribution in [0.15, 0.2) is 11.9 Å². The first kappa shape index (κ1) is 34.6. The molecule has 14 nitrogen and oxygen atoms in total. The predicted molar refractivity (Wildman–Crippen MR) is 166 cm³/mol. The van der Waals surface area contributed by atoms with Crippen molar-refractivity contribution in [3.05, 3.63) is 11.9 Å². The Morgan fingerprint density at radius 3 is 2.57 bits per heavy atom. The van der Waals surface area contributed by atoms with Crippen molar-refractivity contribution in [1.82, 2.24) is 37.2 Å². The van der Waals surface area contributed by atoms with Crippen molar-refractivity contribution in [2.75, 3.05) is 71.6 Å². The fraction of sp³-hybridized carbons (Fsp3) is 0.828. The summed E-state index contributed by atoms with van der Waals surface area (Å²) in [6.45, 7) is 5.53. The second-order valence-corrected chi connectivity index (χ2v) is 12.7. The molecule has 0 aromatic heterocycles. The number of carbonyl (C=O) groups excluding carboxylic acids is 3. The molecule has 0 spiro atoms. The second kappa shape index (κ2) is 20.0. The molecule has 6 N–H and O–H groups in total. The molecule has 4 amide bonds. The van der Waals surface area contributed by atoms with E-state index >= 15 is 0 Å². The highest BCUT2D eigenvalue weighted by molar-refractivity contribution is 8.00. The van der Waals surface area contributed by atoms with E-state index in [4.69, 9.17) is 18.9 Å². The maximum Gasteiger partial charge on any atom is 0.315 e. The molecule has 0 bridgehead atoms. The van der Waals surface area contributed by atoms with Crippen molar-refractivity contribution in [2.45, 2.75) is 81.2 Å². The van der Waals surface area contributed by atoms with E-state index < -0.39 is 0 Å². The molecule has 4 aliphatic rings. The molecule has 3 fully saturated rings. The van der Waals surface area contributed by atoms with Gasteiger partial charge in [0.05, 0.1) is 64.4 Å². The maximum atomic E-state index is 12.0. The van der Waals surface area contributed by atoms with E-state index in [1.807, 2.05) is 23.0 Å². The number of hydrazine groups is 2. The number of rotatable bonds is 23. The standard InChI is InChI=1S/C29H51N7O7S/c37-26(8-2-1-7-25-28-24(21-44-25)32-29(39)33-28)30-10-13-40-15-17-42-18-16-41-14-11-36-20-22(34-35-36)5-3-9-27(38)31-19-23-6-4-12-43-23/h20,23-25,28,34-35H,1-19,21H2,(H,30,37)(H,31,38)(H2,32,33,39). The van der Waals surface area contributed by atoms with Crippen LogP contribution >= 0.6 is 11.8 Å². The van der Waals surface area contributed by atoms with Crippen LogP contribution in [0.25, 0.3) is 0 Å². The average Bonchev–Trinajstić information content (AvgIpc) is 3.82. The van der Waals surface area contributed by atoms with E-state index in [0.29, 0.717) is 77.4 Å². The molecule has 0 radical (unpaired) electrons. The molecule has 44 heavy (non-hydrogen) atoms. The van der Waals surface area contributed by atoms with Crippen LogP contribution < -0.4 is 32.2 Å². The highest BCUT2D eigenvalue weighted by Crippen LogP contribution is 2.33. The van der Waals surface area contributed by atoms with E-state index in [9.17, 15) is 14.4 Å². The SMILES string of the molecule is O=C(CCCCC1SCC2NC(=O)NC21)NCCOCCOCCOCCN1C=C(CCCC(=O)NCC2CCCO2)NN1. The lowest BCUT2D eigenvalue weighted by molar-refractivity contribution is -0.122. The van der Waals surface area contributed by atoms with Gasteiger partial charge in [-0.05, 0) is 38.5 Å². The number of amides is 4. The fourth-order valence-corrected chi connectivity index (χ4v) is 7.08. The van der Waals surface area contributed by atoms with Gasteiger partial charge >= 0.3 is 6.03 Å². The Kier molecular flexibility index (Phi) is 15.7. The van der Waals surface area contributed by atoms with Crippen LogP contribution in [-0.4, -0.2) is 118 Å². The lowest BCUT2D eigenvalue weighted by atomic mass is 10.0. The van der Waals surface area contributed by atoms with Crippen LogP contribution in [0.3, 0.4) is 0 Å². The monoisotopic (exact) mass is 641 g/mol. The lowest BCUT2D eigenvalue weighted by Crippen LogP contribution is -2.38. The van der Waals surface area contributed by atoms with Crippen LogP contribution in [-0.2, 0) is 28.5 Å². The van der Waals surface area contributed by atoms with Gasteiger partial charge < -0.3 is 45.6 Å². The Balaban J connectivity index is 0.860. The van der Waals surface area contributed by atoms with Gasteiger partial charge in [0.1, 0.15) is 0 Å². The number of thioether (sulfide) groups is 1. The first-order valence-electron chi connectivity index (χ1n) is 16.1. The Hall–Kier alpha value is -2.30. The minimum Gasteiger partial charge on any atom is -0.377 e. The average molecular weight is 642 g/mol. The minimum atomic E-state index is -0.0578. The molecule has 0 aromatic carbocycles. The number of urea groups is 1. The fourth-order valence-electron chi connectivity index (χ4n) is 5.53. The van der Waals surface area contributed by atoms with E-state index in [1.54, 1.807) is 0 Å². The second-order valence-electron chi connectivity index (χ2n) is 11.4. The smallest absolute Gasteiger partial charge is 0.315 e. The van der Waals surface area contributed by atoms with Gasteiger partial charge in [-0.15, -0.1) is 5.53 Å². The highest BCUT2D eigenvalue weighted by Gasteiger charge is 2.42. The first-order chi connectivity index (χ1) is 21.6. The number of nitrogens with one attached hydrogen (secondary N) is 6. The Morgan fingerprint density at radius 1 is 0.977 bits per heavy atom. The molecule has 0 aliphatic carbocycles. The highest BCUT2D eigenvalue weighted by atomic mass is 32.2. The van der Waals surface area contributed by atoms with Gasteiger partial charge in [-0.1, -0.05) is 6.42 Å². The number of unbranched alkanes of at least 4 members (excludes halogenated alkanes) is 1. The van der Waals surface area contributed by atoms with Crippen molar-refractivity contribution >= 4 is 29.6 Å². The Labute approximate surface area is 264 Å². The van der Waals surface area contributed by atoms with E-state index in [2.05, 4.69) is 32.2 Å². The Morgan fingerprint density at radius 2 is 1.75 bits per heavy atom. The predicted octanol–water partition coefficient (Wildman–Crippen LogP) is 0.510. The van der Waals surface area contributed by atoms with E-state index in [0.717, 1.165) is 63.0 Å². The van der Waals surface area contributed by atoms with Gasteiger partial charge in [0, 0.05) is 55.4 Å². The molecule has 0 saturated carbocycles. The summed E-state index contributed by atoms with van der Waals surface area (Å²) in [5, 5.41) is 14.2. The molecule has 4 atom stereocenters. The zero-order valence-corrected chi connectivity index (χ0v) is 26.6. The summed E-state index contributed by atoms with van der Waals surface area (Å²) >= 11 is 1.90. The molecule has 3 saturated heterocycles. The molecule has 4 unspecified atom stereocenters. The van der Waals surface area contributed by atoms with Gasteiger partial charge in [0.2, 0.25) is 11.8 Å². The summed E-state index contributed by atoms with van der Waals surface area (Å²) in [5.41, 5.74) is 7.27. The van der Waals surface area contributed by atoms with Crippen molar-refractivity contribution in [3.8, 4) is 0 Å². The summed E-state index contributed by atoms with van der Waals surface area (Å²) in [4.78, 5) is 35.5. The van der Waals surface area contributed by atoms with Crippen molar-refractivity contribution in [3.63, 3.8) is 0 Å². The normalized spacial score (nSPS) is 24.0. The molecule has 4 heterocycles. The van der Waals surface area contributed by atoms with E-state index in [-0.39, 0.29) is 36.0 Å². The summed E-state index contributed by atoms with van der Waals surface area (Å²) in [7, 11) is 0. The number of hydrogen-bond donors (Lipinski definition) is 6. The quantitative estimate of drug-likeness (QED) is 0.0681.